The Hall–Kier alpha value is -2.57. The molecule has 0 aliphatic rings. The van der Waals surface area contributed by atoms with Crippen LogP contribution in [-0.4, -0.2) is 41.5 Å². The lowest BCUT2D eigenvalue weighted by Crippen LogP contribution is -2.34. The molecule has 1 heterocycles. The van der Waals surface area contributed by atoms with Gasteiger partial charge >= 0.3 is 12.2 Å². The van der Waals surface area contributed by atoms with Crippen LogP contribution in [0, 0.1) is 0 Å². The number of carbonyl (C=O) groups is 2. The summed E-state index contributed by atoms with van der Waals surface area (Å²) in [5.41, 5.74) is 0.328. The van der Waals surface area contributed by atoms with Gasteiger partial charge in [-0.3, -0.25) is 4.98 Å². The highest BCUT2D eigenvalue weighted by Gasteiger charge is 2.17. The number of ether oxygens (including phenoxy) is 2. The molecular weight excluding hydrogens is 334 g/mol. The fourth-order valence-electron chi connectivity index (χ4n) is 1.87. The van der Waals surface area contributed by atoms with Crippen LogP contribution in [0.1, 0.15) is 47.2 Å². The Morgan fingerprint density at radius 2 is 1.58 bits per heavy atom. The number of hydrogen-bond acceptors (Lipinski definition) is 5. The number of amides is 2. The number of hydrogen-bond donors (Lipinski definition) is 2. The van der Waals surface area contributed by atoms with Gasteiger partial charge in [-0.1, -0.05) is 12.1 Å². The van der Waals surface area contributed by atoms with E-state index in [1.54, 1.807) is 59.9 Å². The number of carbonyl (C=O) groups excluding carboxylic acids is 2. The summed E-state index contributed by atoms with van der Waals surface area (Å²) >= 11 is 0. The van der Waals surface area contributed by atoms with Crippen molar-refractivity contribution in [2.24, 2.45) is 0 Å². The lowest BCUT2D eigenvalue weighted by Gasteiger charge is -2.20. The highest BCUT2D eigenvalue weighted by atomic mass is 16.6. The van der Waals surface area contributed by atoms with Gasteiger partial charge in [0.05, 0.1) is 5.69 Å². The Balaban J connectivity index is 2.71. The van der Waals surface area contributed by atoms with E-state index in [0.717, 1.165) is 5.57 Å². The monoisotopic (exact) mass is 363 g/mol. The summed E-state index contributed by atoms with van der Waals surface area (Å²) in [6, 6.07) is 5.49. The highest BCUT2D eigenvalue weighted by molar-refractivity contribution is 5.73. The van der Waals surface area contributed by atoms with Crippen molar-refractivity contribution in [1.29, 1.82) is 0 Å². The maximum atomic E-state index is 11.9. The second-order valence-corrected chi connectivity index (χ2v) is 7.68. The summed E-state index contributed by atoms with van der Waals surface area (Å²) in [5.74, 6) is 0. The van der Waals surface area contributed by atoms with Crippen LogP contribution >= 0.6 is 0 Å². The molecule has 2 N–H and O–H groups in total. The number of rotatable bonds is 5. The van der Waals surface area contributed by atoms with Gasteiger partial charge in [-0.2, -0.15) is 0 Å². The molecule has 1 aromatic heterocycles. The van der Waals surface area contributed by atoms with Gasteiger partial charge in [0, 0.05) is 19.3 Å². The Kier molecular flexibility index (Phi) is 7.61. The Bertz CT molecular complexity index is 628. The van der Waals surface area contributed by atoms with Gasteiger partial charge in [0.2, 0.25) is 0 Å². The zero-order chi connectivity index (χ0) is 19.8. The van der Waals surface area contributed by atoms with Crippen molar-refractivity contribution in [3.8, 4) is 0 Å². The standard InChI is InChI=1S/C19H29N3O4/c1-18(2,3)25-16(23)21-12-10-14(15-9-7-8-11-20-15)13-22-17(24)26-19(4,5)6/h7-11H,12-13H2,1-6H3,(H,21,23)(H,22,24)/b14-10+. The fraction of sp³-hybridized carbons (Fsp3) is 0.526. The molecule has 0 spiro atoms. The van der Waals surface area contributed by atoms with Gasteiger partial charge in [0.25, 0.3) is 0 Å². The highest BCUT2D eigenvalue weighted by Crippen LogP contribution is 2.11. The van der Waals surface area contributed by atoms with Gasteiger partial charge in [-0.25, -0.2) is 9.59 Å². The average molecular weight is 363 g/mol. The quantitative estimate of drug-likeness (QED) is 0.835. The second kappa shape index (κ2) is 9.22. The molecule has 0 bridgehead atoms. The molecule has 1 rings (SSSR count). The molecule has 1 aromatic rings. The molecule has 7 heteroatoms. The molecule has 2 amide bonds. The molecular formula is C19H29N3O4. The summed E-state index contributed by atoms with van der Waals surface area (Å²) in [5, 5.41) is 5.36. The first-order valence-electron chi connectivity index (χ1n) is 8.50. The molecule has 0 unspecified atom stereocenters. The number of alkyl carbamates (subject to hydrolysis) is 2. The first kappa shape index (κ1) is 21.5. The number of pyridine rings is 1. The summed E-state index contributed by atoms with van der Waals surface area (Å²) in [7, 11) is 0. The fourth-order valence-corrected chi connectivity index (χ4v) is 1.87. The van der Waals surface area contributed by atoms with E-state index < -0.39 is 23.4 Å². The maximum Gasteiger partial charge on any atom is 0.407 e. The first-order valence-corrected chi connectivity index (χ1v) is 8.50. The smallest absolute Gasteiger partial charge is 0.407 e. The zero-order valence-corrected chi connectivity index (χ0v) is 16.4. The Morgan fingerprint density at radius 3 is 2.08 bits per heavy atom. The van der Waals surface area contributed by atoms with Gasteiger partial charge in [0.1, 0.15) is 11.2 Å². The third-order valence-electron chi connectivity index (χ3n) is 2.81. The van der Waals surface area contributed by atoms with Crippen molar-refractivity contribution < 1.29 is 19.1 Å². The van der Waals surface area contributed by atoms with Crippen molar-refractivity contribution in [3.05, 3.63) is 36.2 Å². The molecule has 7 nitrogen and oxygen atoms in total. The second-order valence-electron chi connectivity index (χ2n) is 7.68. The van der Waals surface area contributed by atoms with E-state index in [9.17, 15) is 9.59 Å². The van der Waals surface area contributed by atoms with Crippen LogP contribution in [0.15, 0.2) is 30.5 Å². The molecule has 0 radical (unpaired) electrons. The predicted molar refractivity (Wildman–Crippen MR) is 101 cm³/mol. The molecule has 0 atom stereocenters. The molecule has 0 aromatic carbocycles. The molecule has 26 heavy (non-hydrogen) atoms. The molecule has 0 fully saturated rings. The number of aromatic nitrogens is 1. The molecule has 144 valence electrons. The summed E-state index contributed by atoms with van der Waals surface area (Å²) < 4.78 is 10.4. The van der Waals surface area contributed by atoms with Crippen LogP contribution in [-0.2, 0) is 9.47 Å². The summed E-state index contributed by atoms with van der Waals surface area (Å²) in [6.07, 6.45) is 2.43. The van der Waals surface area contributed by atoms with E-state index in [-0.39, 0.29) is 13.1 Å². The minimum absolute atomic E-state index is 0.224. The van der Waals surface area contributed by atoms with Crippen LogP contribution < -0.4 is 10.6 Å². The zero-order valence-electron chi connectivity index (χ0n) is 16.4. The average Bonchev–Trinajstić information content (AvgIpc) is 2.48. The third kappa shape index (κ3) is 9.66. The van der Waals surface area contributed by atoms with E-state index in [4.69, 9.17) is 9.47 Å². The molecule has 0 aliphatic carbocycles. The van der Waals surface area contributed by atoms with Crippen molar-refractivity contribution in [3.63, 3.8) is 0 Å². The van der Waals surface area contributed by atoms with Crippen LogP contribution in [0.3, 0.4) is 0 Å². The van der Waals surface area contributed by atoms with Crippen molar-refractivity contribution >= 4 is 17.8 Å². The van der Waals surface area contributed by atoms with Crippen molar-refractivity contribution in [2.75, 3.05) is 13.1 Å². The third-order valence-corrected chi connectivity index (χ3v) is 2.81. The van der Waals surface area contributed by atoms with Crippen molar-refractivity contribution in [1.82, 2.24) is 15.6 Å². The van der Waals surface area contributed by atoms with Crippen LogP contribution in [0.5, 0.6) is 0 Å². The molecule has 0 saturated carbocycles. The van der Waals surface area contributed by atoms with E-state index in [1.807, 2.05) is 12.1 Å². The van der Waals surface area contributed by atoms with Gasteiger partial charge in [-0.05, 0) is 59.2 Å². The number of nitrogens with one attached hydrogen (secondary N) is 2. The van der Waals surface area contributed by atoms with E-state index >= 15 is 0 Å². The minimum atomic E-state index is -0.572. The Labute approximate surface area is 155 Å². The van der Waals surface area contributed by atoms with Crippen LogP contribution in [0.4, 0.5) is 9.59 Å². The molecule has 0 saturated heterocycles. The normalized spacial score (nSPS) is 12.3. The lowest BCUT2D eigenvalue weighted by molar-refractivity contribution is 0.0521. The van der Waals surface area contributed by atoms with Gasteiger partial charge in [0.15, 0.2) is 0 Å². The summed E-state index contributed by atoms with van der Waals surface area (Å²) in [4.78, 5) is 27.9. The first-order chi connectivity index (χ1) is 12.0. The van der Waals surface area contributed by atoms with E-state index in [2.05, 4.69) is 15.6 Å². The van der Waals surface area contributed by atoms with E-state index in [0.29, 0.717) is 5.69 Å². The maximum absolute atomic E-state index is 11.9. The van der Waals surface area contributed by atoms with E-state index in [1.165, 1.54) is 0 Å². The summed E-state index contributed by atoms with van der Waals surface area (Å²) in [6.45, 7) is 11.3. The van der Waals surface area contributed by atoms with Crippen LogP contribution in [0.2, 0.25) is 0 Å². The minimum Gasteiger partial charge on any atom is -0.444 e. The van der Waals surface area contributed by atoms with Crippen LogP contribution in [0.25, 0.3) is 5.57 Å². The lowest BCUT2D eigenvalue weighted by atomic mass is 10.1. The number of nitrogens with zero attached hydrogens (tertiary/aromatic N) is 1. The Morgan fingerprint density at radius 1 is 1.00 bits per heavy atom. The largest absolute Gasteiger partial charge is 0.444 e. The topological polar surface area (TPSA) is 89.6 Å². The van der Waals surface area contributed by atoms with Crippen molar-refractivity contribution in [2.45, 2.75) is 52.7 Å². The molecule has 0 aliphatic heterocycles. The SMILES string of the molecule is CC(C)(C)OC(=O)NC/C=C(\CNC(=O)OC(C)(C)C)c1ccccn1. The predicted octanol–water partition coefficient (Wildman–Crippen LogP) is 3.51. The van der Waals surface area contributed by atoms with Gasteiger partial charge < -0.3 is 20.1 Å². The van der Waals surface area contributed by atoms with Gasteiger partial charge in [-0.15, -0.1) is 0 Å².